The number of carbonyl (C=O) groups excluding carboxylic acids is 1. The van der Waals surface area contributed by atoms with Gasteiger partial charge >= 0.3 is 203 Å². The summed E-state index contributed by atoms with van der Waals surface area (Å²) >= 11 is -2.52. The molecule has 3 nitrogen and oxygen atoms in total. The molecular weight excluding hydrogens is 501 g/mol. The van der Waals surface area contributed by atoms with Crippen LogP contribution in [-0.4, -0.2) is 30.6 Å². The Labute approximate surface area is 202 Å². The quantitative estimate of drug-likeness (QED) is 0.0951. The van der Waals surface area contributed by atoms with Gasteiger partial charge in [0.1, 0.15) is 0 Å². The Morgan fingerprint density at radius 3 is 1.91 bits per heavy atom. The van der Waals surface area contributed by atoms with Crippen molar-refractivity contribution < 1.29 is 9.63 Å². The van der Waals surface area contributed by atoms with Crippen molar-refractivity contribution in [2.75, 3.05) is 0 Å². The van der Waals surface area contributed by atoms with E-state index in [0.29, 0.717) is 11.5 Å². The van der Waals surface area contributed by atoms with Crippen molar-refractivity contribution in [2.45, 2.75) is 100 Å². The minimum atomic E-state index is -2.52. The van der Waals surface area contributed by atoms with E-state index in [-0.39, 0.29) is 5.41 Å². The predicted molar refractivity (Wildman–Crippen MR) is 142 cm³/mol. The van der Waals surface area contributed by atoms with Crippen molar-refractivity contribution in [3.63, 3.8) is 0 Å². The summed E-state index contributed by atoms with van der Waals surface area (Å²) in [6.07, 6.45) is 12.2. The molecule has 0 radical (unpaired) electrons. The number of rotatable bonds is 15. The molecule has 0 aliphatic rings. The van der Waals surface area contributed by atoms with Gasteiger partial charge in [-0.1, -0.05) is 0 Å². The molecule has 32 heavy (non-hydrogen) atoms. The fourth-order valence-corrected chi connectivity index (χ4v) is 23.4. The van der Waals surface area contributed by atoms with Crippen LogP contribution in [0.25, 0.3) is 0 Å². The molecule has 0 unspecified atom stereocenters. The molecule has 0 spiro atoms. The number of unbranched alkanes of at least 4 members (excludes halogenated alkanes) is 3. The van der Waals surface area contributed by atoms with Gasteiger partial charge in [0.05, 0.1) is 0 Å². The van der Waals surface area contributed by atoms with Gasteiger partial charge in [0.2, 0.25) is 0 Å². The van der Waals surface area contributed by atoms with Crippen molar-refractivity contribution in [3.8, 4) is 0 Å². The molecule has 0 N–H and O–H groups in total. The third-order valence-electron chi connectivity index (χ3n) is 6.32. The Bertz CT molecular complexity index is 700. The van der Waals surface area contributed by atoms with Gasteiger partial charge in [0, 0.05) is 0 Å². The molecule has 0 atom stereocenters. The van der Waals surface area contributed by atoms with Crippen LogP contribution in [0.2, 0.25) is 13.3 Å². The second-order valence-corrected chi connectivity index (χ2v) is 23.4. The van der Waals surface area contributed by atoms with Gasteiger partial charge in [0.25, 0.3) is 0 Å². The number of allylic oxidation sites excluding steroid dienone is 2. The van der Waals surface area contributed by atoms with Crippen molar-refractivity contribution in [2.24, 2.45) is 16.5 Å². The summed E-state index contributed by atoms with van der Waals surface area (Å²) in [4.78, 5) is 17.4. The van der Waals surface area contributed by atoms with E-state index in [0.717, 1.165) is 0 Å². The van der Waals surface area contributed by atoms with Gasteiger partial charge in [-0.15, -0.1) is 0 Å². The van der Waals surface area contributed by atoms with Gasteiger partial charge in [-0.3, -0.25) is 0 Å². The molecule has 0 aromatic heterocycles. The fraction of sp³-hybridized carbons (Fsp3) is 0.643. The molecule has 0 saturated carbocycles. The molecule has 1 rings (SSSR count). The van der Waals surface area contributed by atoms with Gasteiger partial charge in [-0.25, -0.2) is 0 Å². The van der Waals surface area contributed by atoms with Crippen LogP contribution in [0.3, 0.4) is 0 Å². The number of benzene rings is 1. The first-order chi connectivity index (χ1) is 15.2. The Hall–Kier alpha value is -1.10. The third kappa shape index (κ3) is 9.80. The molecule has 1 aromatic carbocycles. The molecule has 0 aliphatic carbocycles. The van der Waals surface area contributed by atoms with Crippen LogP contribution in [0, 0.1) is 11.3 Å². The van der Waals surface area contributed by atoms with Crippen LogP contribution in [0.4, 0.5) is 0 Å². The van der Waals surface area contributed by atoms with Crippen molar-refractivity contribution in [3.05, 3.63) is 45.6 Å². The van der Waals surface area contributed by atoms with E-state index >= 15 is 0 Å². The number of carbonyl (C=O) groups is 1. The first-order valence-corrected chi connectivity index (χ1v) is 20.2. The fourth-order valence-electron chi connectivity index (χ4n) is 4.56. The second-order valence-electron chi connectivity index (χ2n) is 10.1. The van der Waals surface area contributed by atoms with Crippen molar-refractivity contribution in [1.29, 1.82) is 0 Å². The zero-order valence-electron chi connectivity index (χ0n) is 21.7. The third-order valence-corrected chi connectivity index (χ3v) is 23.1. The molecule has 0 amide bonds. The first kappa shape index (κ1) is 28.9. The first-order valence-electron chi connectivity index (χ1n) is 12.8. The topological polar surface area (TPSA) is 38.7 Å². The van der Waals surface area contributed by atoms with E-state index in [9.17, 15) is 4.79 Å². The van der Waals surface area contributed by atoms with Crippen LogP contribution in [0.5, 0.6) is 0 Å². The molecule has 0 fully saturated rings. The Morgan fingerprint density at radius 2 is 1.47 bits per heavy atom. The molecule has 0 bridgehead atoms. The molecule has 1 aromatic rings. The van der Waals surface area contributed by atoms with E-state index in [4.69, 9.17) is 4.84 Å². The number of hydrogen-bond donors (Lipinski definition) is 0. The normalized spacial score (nSPS) is 13.2. The van der Waals surface area contributed by atoms with Crippen LogP contribution in [0.1, 0.15) is 97.3 Å². The Balaban J connectivity index is 3.19. The van der Waals surface area contributed by atoms with E-state index in [1.807, 2.05) is 24.4 Å². The average Bonchev–Trinajstić information content (AvgIpc) is 2.77. The number of oxime groups is 1. The molecule has 0 saturated heterocycles. The van der Waals surface area contributed by atoms with Crippen LogP contribution in [0.15, 0.2) is 45.2 Å². The van der Waals surface area contributed by atoms with Crippen LogP contribution < -0.4 is 0 Å². The van der Waals surface area contributed by atoms with Gasteiger partial charge in [-0.2, -0.15) is 0 Å². The molecular formula is C28H47NO2Sn. The molecule has 180 valence electrons. The number of nitrogens with zero attached hydrogens (tertiary/aromatic N) is 1. The summed E-state index contributed by atoms with van der Waals surface area (Å²) in [5.74, 6) is 0.156. The molecule has 0 heterocycles. The zero-order valence-corrected chi connectivity index (χ0v) is 24.6. The standard InChI is InChI=1S/C16H20NO2.3C4H9.Sn/c1-13(2)10-11-16(3,4)12-17-19-15(18)14-8-6-5-7-9-14;3*1-3-4-2;/h5-9,11-13H,1-4H3;3*1,3-4H2,2H3;/b11-10?,17-12+;;;;. The monoisotopic (exact) mass is 549 g/mol. The van der Waals surface area contributed by atoms with Gasteiger partial charge in [-0.05, 0) is 0 Å². The van der Waals surface area contributed by atoms with Crippen molar-refractivity contribution >= 4 is 30.6 Å². The van der Waals surface area contributed by atoms with E-state index in [2.05, 4.69) is 59.7 Å². The Kier molecular flexibility index (Phi) is 13.5. The maximum absolute atomic E-state index is 12.2. The summed E-state index contributed by atoms with van der Waals surface area (Å²) in [6.45, 7) is 16.1. The maximum atomic E-state index is 12.2. The van der Waals surface area contributed by atoms with Gasteiger partial charge < -0.3 is 0 Å². The van der Waals surface area contributed by atoms with Crippen molar-refractivity contribution in [1.82, 2.24) is 0 Å². The van der Waals surface area contributed by atoms with Crippen LogP contribution in [-0.2, 0) is 4.84 Å². The van der Waals surface area contributed by atoms with Crippen LogP contribution >= 0.6 is 0 Å². The van der Waals surface area contributed by atoms with E-state index in [1.165, 1.54) is 51.8 Å². The summed E-state index contributed by atoms with van der Waals surface area (Å²) < 4.78 is 6.16. The summed E-state index contributed by atoms with van der Waals surface area (Å²) in [5.41, 5.74) is 0.276. The van der Waals surface area contributed by atoms with E-state index in [1.54, 1.807) is 15.7 Å². The average molecular weight is 548 g/mol. The predicted octanol–water partition coefficient (Wildman–Crippen LogP) is 8.83. The van der Waals surface area contributed by atoms with E-state index < -0.39 is 24.3 Å². The molecule has 0 aliphatic heterocycles. The van der Waals surface area contributed by atoms with Gasteiger partial charge in [0.15, 0.2) is 0 Å². The summed E-state index contributed by atoms with van der Waals surface area (Å²) in [6, 6.07) is 9.04. The minimum absolute atomic E-state index is 0.247. The summed E-state index contributed by atoms with van der Waals surface area (Å²) in [7, 11) is 0. The summed E-state index contributed by atoms with van der Waals surface area (Å²) in [5, 5.41) is 4.10. The second kappa shape index (κ2) is 14.9. The SMILES string of the molecule is CCC[CH2][Sn]([CH2]CCC)([CH2]CCC)/[C](=C/C(C)(C)/C=N/OC(=O)c1ccccc1)C(C)C. The zero-order chi connectivity index (χ0) is 24.0. The number of hydrogen-bond acceptors (Lipinski definition) is 3. The Morgan fingerprint density at radius 1 is 0.969 bits per heavy atom. The molecule has 4 heteroatoms.